The van der Waals surface area contributed by atoms with Crippen molar-refractivity contribution in [3.05, 3.63) is 40.3 Å². The number of anilines is 1. The van der Waals surface area contributed by atoms with E-state index in [4.69, 9.17) is 15.9 Å². The van der Waals surface area contributed by atoms with E-state index in [0.717, 1.165) is 17.1 Å². The Bertz CT molecular complexity index is 568. The number of ether oxygens (including phenoxy) is 1. The second-order valence-electron chi connectivity index (χ2n) is 4.13. The van der Waals surface area contributed by atoms with Gasteiger partial charge >= 0.3 is 0 Å². The van der Waals surface area contributed by atoms with Crippen LogP contribution in [0.15, 0.2) is 29.1 Å². The van der Waals surface area contributed by atoms with E-state index in [2.05, 4.69) is 4.98 Å². The summed E-state index contributed by atoms with van der Waals surface area (Å²) in [6.45, 7) is 0.664. The summed E-state index contributed by atoms with van der Waals surface area (Å²) in [4.78, 5) is 6.27. The molecule has 2 rings (SSSR count). The van der Waals surface area contributed by atoms with Gasteiger partial charge in [-0.1, -0.05) is 0 Å². The molecule has 0 aliphatic rings. The van der Waals surface area contributed by atoms with Crippen LogP contribution in [0, 0.1) is 5.41 Å². The number of aromatic nitrogens is 1. The average Bonchev–Trinajstić information content (AvgIpc) is 2.90. The summed E-state index contributed by atoms with van der Waals surface area (Å²) in [6, 6.07) is 5.48. The highest BCUT2D eigenvalue weighted by atomic mass is 32.1. The van der Waals surface area contributed by atoms with Crippen LogP contribution in [0.5, 0.6) is 5.75 Å². The van der Waals surface area contributed by atoms with Crippen LogP contribution in [0.25, 0.3) is 0 Å². The van der Waals surface area contributed by atoms with E-state index in [0.29, 0.717) is 12.1 Å². The third-order valence-electron chi connectivity index (χ3n) is 2.79. The van der Waals surface area contributed by atoms with Gasteiger partial charge in [0.2, 0.25) is 0 Å². The topological polar surface area (TPSA) is 75.2 Å². The molecule has 0 radical (unpaired) electrons. The zero-order valence-electron chi connectivity index (χ0n) is 10.9. The van der Waals surface area contributed by atoms with Gasteiger partial charge in [-0.05, 0) is 12.1 Å². The van der Waals surface area contributed by atoms with Crippen molar-refractivity contribution in [1.29, 1.82) is 5.41 Å². The molecular formula is C13H16N4OS. The van der Waals surface area contributed by atoms with Gasteiger partial charge in [0.1, 0.15) is 11.6 Å². The van der Waals surface area contributed by atoms with Crippen LogP contribution < -0.4 is 15.4 Å². The molecule has 0 fully saturated rings. The van der Waals surface area contributed by atoms with Crippen LogP contribution in [-0.4, -0.2) is 25.0 Å². The molecule has 0 bridgehead atoms. The molecule has 100 valence electrons. The van der Waals surface area contributed by atoms with Crippen LogP contribution in [0.3, 0.4) is 0 Å². The van der Waals surface area contributed by atoms with Crippen molar-refractivity contribution in [2.45, 2.75) is 6.54 Å². The highest BCUT2D eigenvalue weighted by molar-refractivity contribution is 7.07. The lowest BCUT2D eigenvalue weighted by atomic mass is 10.1. The molecule has 5 nitrogen and oxygen atoms in total. The molecule has 0 atom stereocenters. The van der Waals surface area contributed by atoms with E-state index in [9.17, 15) is 0 Å². The fourth-order valence-electron chi connectivity index (χ4n) is 1.83. The summed E-state index contributed by atoms with van der Waals surface area (Å²) in [5, 5.41) is 9.65. The van der Waals surface area contributed by atoms with E-state index in [1.54, 1.807) is 36.1 Å². The first kappa shape index (κ1) is 13.4. The Labute approximate surface area is 116 Å². The van der Waals surface area contributed by atoms with Gasteiger partial charge in [0, 0.05) is 24.1 Å². The number of nitrogens with two attached hydrogens (primary N) is 1. The monoisotopic (exact) mass is 276 g/mol. The third-order valence-corrected chi connectivity index (χ3v) is 3.42. The number of benzene rings is 1. The first-order valence-corrected chi connectivity index (χ1v) is 6.66. The van der Waals surface area contributed by atoms with Crippen LogP contribution in [0.1, 0.15) is 11.3 Å². The van der Waals surface area contributed by atoms with Gasteiger partial charge < -0.3 is 15.4 Å². The molecule has 0 spiro atoms. The summed E-state index contributed by atoms with van der Waals surface area (Å²) in [5.74, 6) is 0.785. The number of hydrogen-bond donors (Lipinski definition) is 2. The molecule has 19 heavy (non-hydrogen) atoms. The molecule has 6 heteroatoms. The molecule has 0 amide bonds. The number of rotatable bonds is 5. The van der Waals surface area contributed by atoms with E-state index >= 15 is 0 Å². The molecule has 3 N–H and O–H groups in total. The molecule has 0 unspecified atom stereocenters. The van der Waals surface area contributed by atoms with Crippen molar-refractivity contribution in [3.8, 4) is 5.75 Å². The molecule has 0 aliphatic heterocycles. The largest absolute Gasteiger partial charge is 0.497 e. The minimum atomic E-state index is 0.0442. The number of thiazole rings is 1. The lowest BCUT2D eigenvalue weighted by molar-refractivity contribution is 0.415. The maximum Gasteiger partial charge on any atom is 0.124 e. The Morgan fingerprint density at radius 2 is 2.32 bits per heavy atom. The first-order valence-electron chi connectivity index (χ1n) is 5.72. The van der Waals surface area contributed by atoms with Crippen molar-refractivity contribution < 1.29 is 4.74 Å². The van der Waals surface area contributed by atoms with Crippen LogP contribution in [0.4, 0.5) is 5.69 Å². The molecule has 0 saturated carbocycles. The zero-order chi connectivity index (χ0) is 13.8. The number of nitrogens with zero attached hydrogens (tertiary/aromatic N) is 2. The Hall–Kier alpha value is -2.08. The molecule has 0 aliphatic carbocycles. The van der Waals surface area contributed by atoms with Crippen molar-refractivity contribution in [1.82, 2.24) is 4.98 Å². The maximum atomic E-state index is 7.64. The molecule has 1 aromatic carbocycles. The first-order chi connectivity index (χ1) is 9.11. The van der Waals surface area contributed by atoms with Crippen LogP contribution >= 0.6 is 11.3 Å². The Kier molecular flexibility index (Phi) is 4.01. The summed E-state index contributed by atoms with van der Waals surface area (Å²) in [5.41, 5.74) is 9.97. The van der Waals surface area contributed by atoms with Gasteiger partial charge in [-0.3, -0.25) is 5.41 Å². The van der Waals surface area contributed by atoms with Gasteiger partial charge in [-0.25, -0.2) is 4.98 Å². The minimum Gasteiger partial charge on any atom is -0.497 e. The summed E-state index contributed by atoms with van der Waals surface area (Å²) in [7, 11) is 3.56. The second-order valence-corrected chi connectivity index (χ2v) is 4.85. The summed E-state index contributed by atoms with van der Waals surface area (Å²) < 4.78 is 5.22. The van der Waals surface area contributed by atoms with E-state index in [1.807, 2.05) is 23.4 Å². The normalized spacial score (nSPS) is 10.2. The highest BCUT2D eigenvalue weighted by Crippen LogP contribution is 2.26. The van der Waals surface area contributed by atoms with Gasteiger partial charge in [0.05, 0.1) is 30.5 Å². The Balaban J connectivity index is 2.32. The molecular weight excluding hydrogens is 260 g/mol. The maximum absolute atomic E-state index is 7.64. The van der Waals surface area contributed by atoms with Gasteiger partial charge in [0.25, 0.3) is 0 Å². The minimum absolute atomic E-state index is 0.0442. The standard InChI is InChI=1S/C13H16N4OS/c1-17(6-9-7-19-8-16-9)12-5-10(18-2)3-4-11(12)13(14)15/h3-5,7-8H,6H2,1-2H3,(H3,14,15). The molecule has 1 aromatic heterocycles. The summed E-state index contributed by atoms with van der Waals surface area (Å²) >= 11 is 1.57. The molecule has 0 saturated heterocycles. The van der Waals surface area contributed by atoms with Crippen LogP contribution in [0.2, 0.25) is 0 Å². The Morgan fingerprint density at radius 1 is 1.53 bits per heavy atom. The van der Waals surface area contributed by atoms with Crippen molar-refractivity contribution in [3.63, 3.8) is 0 Å². The van der Waals surface area contributed by atoms with Gasteiger partial charge in [-0.2, -0.15) is 0 Å². The number of nitrogens with one attached hydrogen (secondary N) is 1. The number of nitrogen functional groups attached to an aromatic ring is 1. The smallest absolute Gasteiger partial charge is 0.124 e. The van der Waals surface area contributed by atoms with Crippen LogP contribution in [-0.2, 0) is 6.54 Å². The Morgan fingerprint density at radius 3 is 2.89 bits per heavy atom. The van der Waals surface area contributed by atoms with E-state index < -0.39 is 0 Å². The van der Waals surface area contributed by atoms with Crippen molar-refractivity contribution >= 4 is 22.9 Å². The SMILES string of the molecule is COc1ccc(C(=N)N)c(N(C)Cc2cscn2)c1. The average molecular weight is 276 g/mol. The van der Waals surface area contributed by atoms with E-state index in [1.165, 1.54) is 0 Å². The summed E-state index contributed by atoms with van der Waals surface area (Å²) in [6.07, 6.45) is 0. The number of methoxy groups -OCH3 is 1. The molecule has 1 heterocycles. The predicted octanol–water partition coefficient (Wildman–Crippen LogP) is 2.07. The fraction of sp³-hybridized carbons (Fsp3) is 0.231. The van der Waals surface area contributed by atoms with E-state index in [-0.39, 0.29) is 5.84 Å². The number of amidine groups is 1. The lowest BCUT2D eigenvalue weighted by Crippen LogP contribution is -2.22. The lowest BCUT2D eigenvalue weighted by Gasteiger charge is -2.22. The van der Waals surface area contributed by atoms with Crippen molar-refractivity contribution in [2.24, 2.45) is 5.73 Å². The second kappa shape index (κ2) is 5.71. The fourth-order valence-corrected chi connectivity index (χ4v) is 2.38. The highest BCUT2D eigenvalue weighted by Gasteiger charge is 2.12. The van der Waals surface area contributed by atoms with Crippen molar-refractivity contribution in [2.75, 3.05) is 19.1 Å². The van der Waals surface area contributed by atoms with Gasteiger partial charge in [0.15, 0.2) is 0 Å². The number of hydrogen-bond acceptors (Lipinski definition) is 5. The predicted molar refractivity (Wildman–Crippen MR) is 78.2 cm³/mol. The quantitative estimate of drug-likeness (QED) is 0.647. The zero-order valence-corrected chi connectivity index (χ0v) is 11.7. The third kappa shape index (κ3) is 3.03. The molecule has 2 aromatic rings. The van der Waals surface area contributed by atoms with Gasteiger partial charge in [-0.15, -0.1) is 11.3 Å².